The zero-order valence-electron chi connectivity index (χ0n) is 14.7. The first-order valence-corrected chi connectivity index (χ1v) is 9.04. The standard InChI is InChI=1S/C20H18N2O4S/c1-25-18-10-15(12-23)7-8-17(18)26-13-19(24)22-20-21-11-16(27-20)9-14-5-3-2-4-6-14/h2-8,10-12H,9,13H2,1H3,(H,21,22,24). The first-order chi connectivity index (χ1) is 13.2. The number of amides is 1. The van der Waals surface area contributed by atoms with Crippen LogP contribution in [-0.2, 0) is 11.2 Å². The summed E-state index contributed by atoms with van der Waals surface area (Å²) in [4.78, 5) is 28.2. The van der Waals surface area contributed by atoms with Gasteiger partial charge in [-0.1, -0.05) is 30.3 Å². The molecule has 7 heteroatoms. The summed E-state index contributed by atoms with van der Waals surface area (Å²) in [5, 5.41) is 3.25. The Balaban J connectivity index is 1.55. The minimum atomic E-state index is -0.322. The average molecular weight is 382 g/mol. The fourth-order valence-electron chi connectivity index (χ4n) is 2.42. The van der Waals surface area contributed by atoms with Crippen LogP contribution in [0.25, 0.3) is 0 Å². The number of carbonyl (C=O) groups excluding carboxylic acids is 2. The van der Waals surface area contributed by atoms with Gasteiger partial charge in [0.15, 0.2) is 23.2 Å². The van der Waals surface area contributed by atoms with Crippen molar-refractivity contribution in [2.24, 2.45) is 0 Å². The molecule has 1 N–H and O–H groups in total. The molecule has 0 unspecified atom stereocenters. The average Bonchev–Trinajstić information content (AvgIpc) is 3.13. The molecule has 0 fully saturated rings. The number of hydrogen-bond acceptors (Lipinski definition) is 6. The van der Waals surface area contributed by atoms with Crippen molar-refractivity contribution >= 4 is 28.7 Å². The SMILES string of the molecule is COc1cc(C=O)ccc1OCC(=O)Nc1ncc(Cc2ccccc2)s1. The predicted octanol–water partition coefficient (Wildman–Crippen LogP) is 3.57. The fourth-order valence-corrected chi connectivity index (χ4v) is 3.28. The molecule has 6 nitrogen and oxygen atoms in total. The lowest BCUT2D eigenvalue weighted by Crippen LogP contribution is -2.20. The Morgan fingerprint density at radius 3 is 2.74 bits per heavy atom. The van der Waals surface area contributed by atoms with Crippen LogP contribution in [0.3, 0.4) is 0 Å². The smallest absolute Gasteiger partial charge is 0.264 e. The number of benzene rings is 2. The second-order valence-corrected chi connectivity index (χ2v) is 6.77. The van der Waals surface area contributed by atoms with E-state index in [1.54, 1.807) is 24.4 Å². The van der Waals surface area contributed by atoms with Crippen molar-refractivity contribution in [1.82, 2.24) is 4.98 Å². The van der Waals surface area contributed by atoms with Gasteiger partial charge >= 0.3 is 0 Å². The lowest BCUT2D eigenvalue weighted by molar-refractivity contribution is -0.118. The highest BCUT2D eigenvalue weighted by atomic mass is 32.1. The summed E-state index contributed by atoms with van der Waals surface area (Å²) in [6, 6.07) is 14.8. The van der Waals surface area contributed by atoms with Crippen LogP contribution in [0, 0.1) is 0 Å². The Bertz CT molecular complexity index is 925. The van der Waals surface area contributed by atoms with Gasteiger partial charge in [0.05, 0.1) is 7.11 Å². The van der Waals surface area contributed by atoms with Crippen LogP contribution in [0.2, 0.25) is 0 Å². The monoisotopic (exact) mass is 382 g/mol. The topological polar surface area (TPSA) is 77.5 Å². The highest BCUT2D eigenvalue weighted by Gasteiger charge is 2.11. The number of aldehydes is 1. The van der Waals surface area contributed by atoms with Gasteiger partial charge in [-0.15, -0.1) is 11.3 Å². The zero-order valence-corrected chi connectivity index (χ0v) is 15.5. The Labute approximate surface area is 160 Å². The first kappa shape index (κ1) is 18.6. The largest absolute Gasteiger partial charge is 0.493 e. The van der Waals surface area contributed by atoms with Crippen LogP contribution in [0.5, 0.6) is 11.5 Å². The highest BCUT2D eigenvalue weighted by molar-refractivity contribution is 7.15. The van der Waals surface area contributed by atoms with Gasteiger partial charge in [0.1, 0.15) is 6.29 Å². The molecule has 3 rings (SSSR count). The molecular weight excluding hydrogens is 364 g/mol. The summed E-state index contributed by atoms with van der Waals surface area (Å²) in [5.41, 5.74) is 1.66. The third-order valence-corrected chi connectivity index (χ3v) is 4.62. The van der Waals surface area contributed by atoms with E-state index in [0.29, 0.717) is 28.5 Å². The van der Waals surface area contributed by atoms with Crippen LogP contribution in [0.4, 0.5) is 5.13 Å². The molecule has 0 saturated carbocycles. The number of ether oxygens (including phenoxy) is 2. The molecule has 0 aliphatic carbocycles. The Kier molecular flexibility index (Phi) is 6.17. The second kappa shape index (κ2) is 8.95. The fraction of sp³-hybridized carbons (Fsp3) is 0.150. The number of nitrogens with zero attached hydrogens (tertiary/aromatic N) is 1. The third-order valence-electron chi connectivity index (χ3n) is 3.70. The Hall–Kier alpha value is -3.19. The number of carbonyl (C=O) groups is 2. The predicted molar refractivity (Wildman–Crippen MR) is 104 cm³/mol. The van der Waals surface area contributed by atoms with Gasteiger partial charge in [-0.05, 0) is 23.8 Å². The number of thiazole rings is 1. The molecule has 0 spiro atoms. The van der Waals surface area contributed by atoms with Crippen molar-refractivity contribution in [3.05, 3.63) is 70.7 Å². The van der Waals surface area contributed by atoms with E-state index in [1.165, 1.54) is 24.0 Å². The van der Waals surface area contributed by atoms with Crippen molar-refractivity contribution in [1.29, 1.82) is 0 Å². The van der Waals surface area contributed by atoms with Gasteiger partial charge in [-0.25, -0.2) is 4.98 Å². The van der Waals surface area contributed by atoms with Crippen LogP contribution in [0.15, 0.2) is 54.7 Å². The van der Waals surface area contributed by atoms with Gasteiger partial charge in [-0.2, -0.15) is 0 Å². The normalized spacial score (nSPS) is 10.3. The van der Waals surface area contributed by atoms with Crippen LogP contribution >= 0.6 is 11.3 Å². The molecular formula is C20H18N2O4S. The molecule has 1 amide bonds. The number of hydrogen-bond donors (Lipinski definition) is 1. The summed E-state index contributed by atoms with van der Waals surface area (Å²) < 4.78 is 10.7. The van der Waals surface area contributed by atoms with Gasteiger partial charge in [0.2, 0.25) is 0 Å². The maximum atomic E-state index is 12.1. The third kappa shape index (κ3) is 5.15. The van der Waals surface area contributed by atoms with E-state index in [1.807, 2.05) is 18.2 Å². The lowest BCUT2D eigenvalue weighted by Gasteiger charge is -2.10. The molecule has 0 aliphatic heterocycles. The van der Waals surface area contributed by atoms with Crippen LogP contribution in [-0.4, -0.2) is 30.9 Å². The molecule has 138 valence electrons. The minimum absolute atomic E-state index is 0.190. The summed E-state index contributed by atoms with van der Waals surface area (Å²) in [7, 11) is 1.47. The number of methoxy groups -OCH3 is 1. The second-order valence-electron chi connectivity index (χ2n) is 5.66. The number of rotatable bonds is 8. The van der Waals surface area contributed by atoms with E-state index >= 15 is 0 Å². The van der Waals surface area contributed by atoms with E-state index in [-0.39, 0.29) is 12.5 Å². The molecule has 1 aromatic heterocycles. The van der Waals surface area contributed by atoms with E-state index < -0.39 is 0 Å². The number of nitrogens with one attached hydrogen (secondary N) is 1. The molecule has 0 saturated heterocycles. The van der Waals surface area contributed by atoms with E-state index in [9.17, 15) is 9.59 Å². The summed E-state index contributed by atoms with van der Waals surface area (Å²) in [6.07, 6.45) is 3.25. The quantitative estimate of drug-likeness (QED) is 0.603. The summed E-state index contributed by atoms with van der Waals surface area (Å²) in [6.45, 7) is -0.190. The van der Waals surface area contributed by atoms with Crippen molar-refractivity contribution in [3.8, 4) is 11.5 Å². The molecule has 0 aliphatic rings. The van der Waals surface area contributed by atoms with Crippen molar-refractivity contribution in [2.45, 2.75) is 6.42 Å². The lowest BCUT2D eigenvalue weighted by atomic mass is 10.1. The Morgan fingerprint density at radius 1 is 1.19 bits per heavy atom. The van der Waals surface area contributed by atoms with Gasteiger partial charge in [-0.3, -0.25) is 14.9 Å². The van der Waals surface area contributed by atoms with Gasteiger partial charge in [0, 0.05) is 23.1 Å². The maximum Gasteiger partial charge on any atom is 0.264 e. The summed E-state index contributed by atoms with van der Waals surface area (Å²) >= 11 is 1.43. The summed E-state index contributed by atoms with van der Waals surface area (Å²) in [5.74, 6) is 0.464. The first-order valence-electron chi connectivity index (χ1n) is 8.22. The van der Waals surface area contributed by atoms with Crippen molar-refractivity contribution in [3.63, 3.8) is 0 Å². The van der Waals surface area contributed by atoms with Crippen molar-refractivity contribution in [2.75, 3.05) is 19.0 Å². The minimum Gasteiger partial charge on any atom is -0.493 e. The molecule has 2 aromatic carbocycles. The molecule has 1 heterocycles. The van der Waals surface area contributed by atoms with E-state index in [0.717, 1.165) is 11.3 Å². The number of aromatic nitrogens is 1. The van der Waals surface area contributed by atoms with E-state index in [4.69, 9.17) is 9.47 Å². The molecule has 3 aromatic rings. The van der Waals surface area contributed by atoms with Gasteiger partial charge < -0.3 is 9.47 Å². The number of anilines is 1. The molecule has 0 radical (unpaired) electrons. The van der Waals surface area contributed by atoms with Crippen molar-refractivity contribution < 1.29 is 19.1 Å². The van der Waals surface area contributed by atoms with Gasteiger partial charge in [0.25, 0.3) is 5.91 Å². The highest BCUT2D eigenvalue weighted by Crippen LogP contribution is 2.27. The van der Waals surface area contributed by atoms with Crippen LogP contribution in [0.1, 0.15) is 20.8 Å². The zero-order chi connectivity index (χ0) is 19.1. The molecule has 0 bridgehead atoms. The molecule has 27 heavy (non-hydrogen) atoms. The molecule has 0 atom stereocenters. The maximum absolute atomic E-state index is 12.1. The van der Waals surface area contributed by atoms with Crippen LogP contribution < -0.4 is 14.8 Å². The van der Waals surface area contributed by atoms with E-state index in [2.05, 4.69) is 22.4 Å². The Morgan fingerprint density at radius 2 is 2.00 bits per heavy atom.